The number of ether oxygens (including phenoxy) is 2. The summed E-state index contributed by atoms with van der Waals surface area (Å²) in [6.07, 6.45) is -1.31. The van der Waals surface area contributed by atoms with Crippen LogP contribution >= 0.6 is 23.2 Å². The number of carbonyl (C=O) groups is 5. The van der Waals surface area contributed by atoms with Gasteiger partial charge in [0.2, 0.25) is 11.8 Å². The van der Waals surface area contributed by atoms with E-state index in [2.05, 4.69) is 10.4 Å². The van der Waals surface area contributed by atoms with Crippen LogP contribution in [0.4, 0.5) is 19.0 Å². The summed E-state index contributed by atoms with van der Waals surface area (Å²) in [5.41, 5.74) is 0.652. The molecule has 0 bridgehead atoms. The number of imide groups is 2. The lowest BCUT2D eigenvalue weighted by atomic mass is 9.49. The fourth-order valence-electron chi connectivity index (χ4n) is 9.31. The number of carbonyl (C=O) groups excluding carboxylic acids is 4. The van der Waals surface area contributed by atoms with Gasteiger partial charge in [0.15, 0.2) is 5.82 Å². The van der Waals surface area contributed by atoms with E-state index in [4.69, 9.17) is 37.8 Å². The van der Waals surface area contributed by atoms with Crippen LogP contribution in [0.3, 0.4) is 0 Å². The number of benzene rings is 2. The monoisotopic (exact) mass is 844 g/mol. The maximum atomic E-state index is 15.5. The van der Waals surface area contributed by atoms with E-state index in [1.54, 1.807) is 18.2 Å². The summed E-state index contributed by atoms with van der Waals surface area (Å²) < 4.78 is 52.2. The lowest BCUT2D eigenvalue weighted by molar-refractivity contribution is -0.141. The molecule has 18 heteroatoms. The van der Waals surface area contributed by atoms with Crippen molar-refractivity contribution in [2.24, 2.45) is 23.7 Å². The number of rotatable bonds is 12. The molecule has 6 atom stereocenters. The smallest absolute Gasteiger partial charge is 0.417 e. The van der Waals surface area contributed by atoms with Gasteiger partial charge in [-0.1, -0.05) is 53.4 Å². The Hall–Kier alpha value is -5.35. The van der Waals surface area contributed by atoms with Gasteiger partial charge in [0, 0.05) is 47.8 Å². The van der Waals surface area contributed by atoms with Gasteiger partial charge in [0.25, 0.3) is 11.8 Å². The van der Waals surface area contributed by atoms with E-state index in [0.29, 0.717) is 52.7 Å². The molecule has 2 aliphatic heterocycles. The van der Waals surface area contributed by atoms with Crippen molar-refractivity contribution in [3.63, 3.8) is 0 Å². The number of nitrogens with one attached hydrogen (secondary N) is 1. The van der Waals surface area contributed by atoms with Gasteiger partial charge in [-0.25, -0.2) is 4.98 Å². The van der Waals surface area contributed by atoms with Crippen molar-refractivity contribution in [2.75, 3.05) is 26.2 Å². The number of anilines is 1. The minimum absolute atomic E-state index is 0.0510. The quantitative estimate of drug-likeness (QED) is 0.0998. The number of pyridine rings is 1. The molecule has 1 aromatic heterocycles. The molecule has 0 radical (unpaired) electrons. The van der Waals surface area contributed by atoms with Crippen molar-refractivity contribution < 1.29 is 56.8 Å². The third kappa shape index (κ3) is 6.69. The Bertz CT molecular complexity index is 2210. The van der Waals surface area contributed by atoms with E-state index in [0.717, 1.165) is 0 Å². The van der Waals surface area contributed by atoms with Crippen molar-refractivity contribution in [1.82, 2.24) is 14.9 Å². The van der Waals surface area contributed by atoms with E-state index in [1.807, 2.05) is 0 Å². The highest BCUT2D eigenvalue weighted by Gasteiger charge is 2.71. The van der Waals surface area contributed by atoms with Crippen LogP contribution in [-0.4, -0.2) is 75.5 Å². The summed E-state index contributed by atoms with van der Waals surface area (Å²) in [6, 6.07) is 9.50. The molecular weight excluding hydrogens is 808 g/mol. The number of hydrogen-bond acceptors (Lipinski definition) is 10. The average Bonchev–Trinajstić information content (AvgIpc) is 3.55. The van der Waals surface area contributed by atoms with Crippen LogP contribution in [0.25, 0.3) is 0 Å². The third-order valence-corrected chi connectivity index (χ3v) is 12.3. The number of nitrogens with zero attached hydrogens (tertiary/aromatic N) is 3. The van der Waals surface area contributed by atoms with E-state index in [1.165, 1.54) is 43.4 Å². The topological polar surface area (TPSA) is 176 Å². The lowest BCUT2D eigenvalue weighted by Crippen LogP contribution is -2.53. The number of fused-ring (bicyclic) bond motifs is 4. The molecule has 13 nitrogen and oxygen atoms in total. The van der Waals surface area contributed by atoms with Crippen molar-refractivity contribution >= 4 is 58.6 Å². The van der Waals surface area contributed by atoms with Gasteiger partial charge in [0.1, 0.15) is 17.2 Å². The van der Waals surface area contributed by atoms with Crippen molar-refractivity contribution in [3.8, 4) is 17.2 Å². The second-order valence-corrected chi connectivity index (χ2v) is 15.6. The van der Waals surface area contributed by atoms with Gasteiger partial charge in [-0.2, -0.15) is 18.2 Å². The largest absolute Gasteiger partial charge is 0.508 e. The number of carboxylic acids is 1. The predicted molar refractivity (Wildman–Crippen MR) is 201 cm³/mol. The minimum Gasteiger partial charge on any atom is -0.508 e. The number of phenolic OH excluding ortho intramolecular Hbond substituents is 1. The third-order valence-electron chi connectivity index (χ3n) is 11.7. The van der Waals surface area contributed by atoms with Crippen molar-refractivity contribution in [3.05, 3.63) is 87.0 Å². The molecule has 2 aliphatic carbocycles. The zero-order valence-electron chi connectivity index (χ0n) is 31.0. The molecular formula is C40H37Cl2F3N4O9. The molecule has 2 saturated heterocycles. The number of allylic oxidation sites excluding steroid dienone is 2. The van der Waals surface area contributed by atoms with Gasteiger partial charge < -0.3 is 19.7 Å². The first-order chi connectivity index (χ1) is 27.5. The van der Waals surface area contributed by atoms with E-state index in [-0.39, 0.29) is 48.6 Å². The normalized spacial score (nSPS) is 25.3. The van der Waals surface area contributed by atoms with Crippen LogP contribution in [0.15, 0.2) is 60.3 Å². The van der Waals surface area contributed by atoms with Gasteiger partial charge in [0.05, 0.1) is 48.0 Å². The summed E-state index contributed by atoms with van der Waals surface area (Å²) in [5.74, 6) is -8.94. The van der Waals surface area contributed by atoms with E-state index < -0.39 is 87.2 Å². The summed E-state index contributed by atoms with van der Waals surface area (Å²) in [6.45, 7) is 0.0729. The molecule has 306 valence electrons. The molecule has 3 N–H and O–H groups in total. The zero-order chi connectivity index (χ0) is 41.8. The highest BCUT2D eigenvalue weighted by molar-refractivity contribution is 6.33. The minimum atomic E-state index is -4.78. The highest BCUT2D eigenvalue weighted by Crippen LogP contribution is 2.66. The van der Waals surface area contributed by atoms with Gasteiger partial charge in [-0.3, -0.25) is 34.3 Å². The maximum absolute atomic E-state index is 15.5. The van der Waals surface area contributed by atoms with Crippen LogP contribution in [0.1, 0.15) is 61.1 Å². The Morgan fingerprint density at radius 2 is 1.64 bits per heavy atom. The van der Waals surface area contributed by atoms with Crippen LogP contribution in [-0.2, 0) is 35.6 Å². The fourth-order valence-corrected chi connectivity index (χ4v) is 9.65. The number of hydrogen-bond donors (Lipinski definition) is 3. The Balaban J connectivity index is 1.40. The number of amides is 4. The summed E-state index contributed by atoms with van der Waals surface area (Å²) in [5, 5.41) is 20.2. The van der Waals surface area contributed by atoms with Gasteiger partial charge in [-0.05, 0) is 55.4 Å². The molecule has 4 amide bonds. The summed E-state index contributed by atoms with van der Waals surface area (Å²) in [4.78, 5) is 74.7. The number of likely N-dealkylation sites (tertiary alicyclic amines) is 1. The number of methoxy groups -OCH3 is 2. The number of halogens is 5. The fraction of sp³-hybridized carbons (Fsp3) is 0.400. The van der Waals surface area contributed by atoms with Crippen LogP contribution < -0.4 is 14.9 Å². The number of aromatic hydroxyl groups is 1. The first-order valence-electron chi connectivity index (χ1n) is 18.4. The lowest BCUT2D eigenvalue weighted by Gasteiger charge is -2.51. The second-order valence-electron chi connectivity index (χ2n) is 14.7. The number of aliphatic carboxylic acids is 1. The summed E-state index contributed by atoms with van der Waals surface area (Å²) in [7, 11) is 2.69. The molecule has 2 aromatic carbocycles. The SMILES string of the molecule is COc1cc(O)cc(OC)c1[C@H]1C2=CC[C@@H]3C(=O)N(CCCCCC(=O)O)C(=O)[C@@H]3[C@@H]2C[C@H]2C(=O)N(Nc3ncc(C(F)(F)F)cc3Cl)C(=O)[C@@]12c1ccc(Cl)cc1. The van der Waals surface area contributed by atoms with Crippen LogP contribution in [0, 0.1) is 23.7 Å². The molecule has 4 aliphatic rings. The zero-order valence-corrected chi connectivity index (χ0v) is 32.5. The highest BCUT2D eigenvalue weighted by atomic mass is 35.5. The molecule has 0 unspecified atom stereocenters. The van der Waals surface area contributed by atoms with Gasteiger partial charge in [-0.15, -0.1) is 0 Å². The van der Waals surface area contributed by atoms with Crippen molar-refractivity contribution in [2.45, 2.75) is 56.0 Å². The van der Waals surface area contributed by atoms with Crippen LogP contribution in [0.5, 0.6) is 17.2 Å². The Kier molecular flexibility index (Phi) is 10.9. The molecule has 3 fully saturated rings. The molecule has 3 heterocycles. The molecule has 58 heavy (non-hydrogen) atoms. The molecule has 1 saturated carbocycles. The first-order valence-corrected chi connectivity index (χ1v) is 19.2. The maximum Gasteiger partial charge on any atom is 0.417 e. The number of aromatic nitrogens is 1. The molecule has 3 aromatic rings. The van der Waals surface area contributed by atoms with Crippen molar-refractivity contribution in [1.29, 1.82) is 0 Å². The van der Waals surface area contributed by atoms with E-state index in [9.17, 15) is 37.5 Å². The first kappa shape index (κ1) is 40.8. The number of hydrazine groups is 1. The number of carboxylic acid groups (broad SMARTS) is 1. The summed E-state index contributed by atoms with van der Waals surface area (Å²) >= 11 is 12.6. The predicted octanol–water partition coefficient (Wildman–Crippen LogP) is 6.76. The number of alkyl halides is 3. The van der Waals surface area contributed by atoms with E-state index >= 15 is 4.79 Å². The number of unbranched alkanes of at least 4 members (excludes halogenated alkanes) is 2. The van der Waals surface area contributed by atoms with Crippen LogP contribution in [0.2, 0.25) is 10.0 Å². The second kappa shape index (κ2) is 15.4. The molecule has 0 spiro atoms. The Labute approximate surface area is 339 Å². The van der Waals surface area contributed by atoms with Gasteiger partial charge >= 0.3 is 12.1 Å². The molecule has 7 rings (SSSR count). The Morgan fingerprint density at radius 3 is 2.24 bits per heavy atom. The Morgan fingerprint density at radius 1 is 0.966 bits per heavy atom. The standard InChI is InChI=1S/C40H37Cl2F3N4O9/c1-57-28-15-22(50)16-29(58-2)32(28)33-23-11-12-24-31(37(55)48(35(24)53)13-5-3-4-6-30(51)52)25(23)17-26-36(54)49(38(56)39(26,33)19-7-9-21(41)10-8-19)47-34-27(42)14-20(18-46-34)40(43,44)45/h7-11,14-16,18,24-26,31,33,50H,3-6,12-13,17H2,1-2H3,(H,46,47)(H,51,52)/t24-,25+,26-,31-,33+,39+/m0/s1. The average molecular weight is 846 g/mol. The number of phenols is 1.